The first-order valence-corrected chi connectivity index (χ1v) is 6.20. The summed E-state index contributed by atoms with van der Waals surface area (Å²) < 4.78 is 4.94. The van der Waals surface area contributed by atoms with Gasteiger partial charge in [0, 0.05) is 20.2 Å². The Morgan fingerprint density at radius 3 is 2.65 bits per heavy atom. The van der Waals surface area contributed by atoms with Crippen LogP contribution in [0.25, 0.3) is 0 Å². The topological polar surface area (TPSA) is 33.3 Å². The maximum Gasteiger partial charge on any atom is 0.166 e. The minimum atomic E-state index is 0.443. The third kappa shape index (κ3) is 5.65. The molecule has 0 aliphatic carbocycles. The number of hydrogen-bond donors (Lipinski definition) is 2. The highest BCUT2D eigenvalue weighted by Gasteiger charge is 2.04. The normalized spacial score (nSPS) is 11.9. The summed E-state index contributed by atoms with van der Waals surface area (Å²) in [7, 11) is 1.68. The number of thiocarbonyl (C=S) groups is 1. The van der Waals surface area contributed by atoms with E-state index in [1.54, 1.807) is 7.11 Å². The van der Waals surface area contributed by atoms with Gasteiger partial charge in [0.2, 0.25) is 0 Å². The molecule has 0 heterocycles. The third-order valence-electron chi connectivity index (χ3n) is 2.53. The first-order valence-electron chi connectivity index (χ1n) is 5.79. The average molecular weight is 252 g/mol. The predicted molar refractivity (Wildman–Crippen MR) is 75.3 cm³/mol. The molecule has 0 saturated heterocycles. The lowest BCUT2D eigenvalue weighted by Crippen LogP contribution is -2.38. The Bertz CT molecular complexity index is 329. The van der Waals surface area contributed by atoms with Crippen LogP contribution in [-0.2, 0) is 4.74 Å². The number of benzene rings is 1. The Balaban J connectivity index is 2.24. The molecule has 0 aliphatic rings. The van der Waals surface area contributed by atoms with Gasteiger partial charge in [0.25, 0.3) is 0 Å². The number of hydrogen-bond acceptors (Lipinski definition) is 2. The molecule has 1 aromatic rings. The first kappa shape index (κ1) is 13.9. The number of rotatable bonds is 6. The fraction of sp³-hybridized carbons (Fsp3) is 0.462. The molecule has 1 unspecified atom stereocenters. The van der Waals surface area contributed by atoms with Crippen molar-refractivity contribution in [1.29, 1.82) is 0 Å². The van der Waals surface area contributed by atoms with E-state index in [0.717, 1.165) is 13.1 Å². The minimum absolute atomic E-state index is 0.443. The molecule has 4 heteroatoms. The van der Waals surface area contributed by atoms with Gasteiger partial charge in [-0.05, 0) is 23.7 Å². The van der Waals surface area contributed by atoms with E-state index in [1.807, 2.05) is 6.07 Å². The Kier molecular flexibility index (Phi) is 6.58. The maximum atomic E-state index is 5.16. The highest BCUT2D eigenvalue weighted by atomic mass is 32.1. The Labute approximate surface area is 109 Å². The monoisotopic (exact) mass is 252 g/mol. The standard InChI is InChI=1S/C13H20N2OS/c1-11(12-6-4-3-5-7-12)10-15-13(17)14-8-9-16-2/h3-7,11H,8-10H2,1-2H3,(H2,14,15,17). The molecule has 0 aromatic heterocycles. The zero-order valence-corrected chi connectivity index (χ0v) is 11.2. The molecule has 0 aliphatic heterocycles. The van der Waals surface area contributed by atoms with Gasteiger partial charge in [-0.2, -0.15) is 0 Å². The molecule has 0 spiro atoms. The highest BCUT2D eigenvalue weighted by molar-refractivity contribution is 7.80. The van der Waals surface area contributed by atoms with Crippen molar-refractivity contribution in [2.45, 2.75) is 12.8 Å². The summed E-state index contributed by atoms with van der Waals surface area (Å²) in [6.07, 6.45) is 0. The van der Waals surface area contributed by atoms with Crippen LogP contribution in [0, 0.1) is 0 Å². The lowest BCUT2D eigenvalue weighted by atomic mass is 10.0. The molecular formula is C13H20N2OS. The van der Waals surface area contributed by atoms with Crippen molar-refractivity contribution < 1.29 is 4.74 Å². The van der Waals surface area contributed by atoms with Gasteiger partial charge in [0.15, 0.2) is 5.11 Å². The third-order valence-corrected chi connectivity index (χ3v) is 2.82. The molecule has 3 nitrogen and oxygen atoms in total. The quantitative estimate of drug-likeness (QED) is 0.598. The van der Waals surface area contributed by atoms with E-state index in [-0.39, 0.29) is 0 Å². The van der Waals surface area contributed by atoms with Crippen LogP contribution in [0.3, 0.4) is 0 Å². The molecule has 1 aromatic carbocycles. The fourth-order valence-electron chi connectivity index (χ4n) is 1.47. The minimum Gasteiger partial charge on any atom is -0.383 e. The summed E-state index contributed by atoms with van der Waals surface area (Å²) in [5, 5.41) is 6.98. The molecule has 0 fully saturated rings. The molecule has 0 amide bonds. The molecule has 1 atom stereocenters. The maximum absolute atomic E-state index is 5.16. The lowest BCUT2D eigenvalue weighted by molar-refractivity contribution is 0.204. The largest absolute Gasteiger partial charge is 0.383 e. The summed E-state index contributed by atoms with van der Waals surface area (Å²) in [4.78, 5) is 0. The summed E-state index contributed by atoms with van der Waals surface area (Å²) in [5.74, 6) is 0.443. The number of nitrogens with one attached hydrogen (secondary N) is 2. The zero-order chi connectivity index (χ0) is 12.5. The second-order valence-electron chi connectivity index (χ2n) is 3.94. The van der Waals surface area contributed by atoms with Gasteiger partial charge >= 0.3 is 0 Å². The smallest absolute Gasteiger partial charge is 0.166 e. The van der Waals surface area contributed by atoms with Crippen molar-refractivity contribution in [2.75, 3.05) is 26.8 Å². The Morgan fingerprint density at radius 2 is 2.00 bits per heavy atom. The van der Waals surface area contributed by atoms with Gasteiger partial charge in [0.1, 0.15) is 0 Å². The SMILES string of the molecule is COCCNC(=S)NCC(C)c1ccccc1. The van der Waals surface area contributed by atoms with Crippen molar-refractivity contribution in [1.82, 2.24) is 10.6 Å². The second-order valence-corrected chi connectivity index (χ2v) is 4.35. The lowest BCUT2D eigenvalue weighted by Gasteiger charge is -2.15. The fourth-order valence-corrected chi connectivity index (χ4v) is 1.66. The van der Waals surface area contributed by atoms with Crippen LogP contribution in [0.4, 0.5) is 0 Å². The van der Waals surface area contributed by atoms with Crippen molar-refractivity contribution in [3.05, 3.63) is 35.9 Å². The number of methoxy groups -OCH3 is 1. The molecule has 17 heavy (non-hydrogen) atoms. The molecule has 0 bridgehead atoms. The van der Waals surface area contributed by atoms with E-state index in [2.05, 4.69) is 41.8 Å². The molecule has 94 valence electrons. The van der Waals surface area contributed by atoms with Gasteiger partial charge in [-0.3, -0.25) is 0 Å². The predicted octanol–water partition coefficient (Wildman–Crippen LogP) is 1.90. The van der Waals surface area contributed by atoms with Gasteiger partial charge < -0.3 is 15.4 Å². The summed E-state index contributed by atoms with van der Waals surface area (Å²) in [5.41, 5.74) is 1.32. The van der Waals surface area contributed by atoms with Crippen LogP contribution in [0.5, 0.6) is 0 Å². The Morgan fingerprint density at radius 1 is 1.29 bits per heavy atom. The summed E-state index contributed by atoms with van der Waals surface area (Å²) in [6.45, 7) is 4.42. The van der Waals surface area contributed by atoms with Crippen LogP contribution < -0.4 is 10.6 Å². The number of ether oxygens (including phenoxy) is 1. The molecule has 1 rings (SSSR count). The van der Waals surface area contributed by atoms with Crippen molar-refractivity contribution in [3.63, 3.8) is 0 Å². The highest BCUT2D eigenvalue weighted by Crippen LogP contribution is 2.12. The van der Waals surface area contributed by atoms with E-state index in [9.17, 15) is 0 Å². The molecule has 0 radical (unpaired) electrons. The van der Waals surface area contributed by atoms with E-state index >= 15 is 0 Å². The van der Waals surface area contributed by atoms with Gasteiger partial charge in [-0.25, -0.2) is 0 Å². The molecular weight excluding hydrogens is 232 g/mol. The van der Waals surface area contributed by atoms with Crippen molar-refractivity contribution >= 4 is 17.3 Å². The summed E-state index contributed by atoms with van der Waals surface area (Å²) >= 11 is 5.16. The van der Waals surface area contributed by atoms with E-state index in [4.69, 9.17) is 17.0 Å². The van der Waals surface area contributed by atoms with E-state index in [1.165, 1.54) is 5.56 Å². The average Bonchev–Trinajstić information content (AvgIpc) is 2.37. The van der Waals surface area contributed by atoms with Crippen LogP contribution in [0.1, 0.15) is 18.4 Å². The van der Waals surface area contributed by atoms with Gasteiger partial charge in [-0.15, -0.1) is 0 Å². The van der Waals surface area contributed by atoms with Crippen molar-refractivity contribution in [3.8, 4) is 0 Å². The van der Waals surface area contributed by atoms with Gasteiger partial charge in [0.05, 0.1) is 6.61 Å². The van der Waals surface area contributed by atoms with E-state index in [0.29, 0.717) is 17.6 Å². The van der Waals surface area contributed by atoms with Gasteiger partial charge in [-0.1, -0.05) is 37.3 Å². The van der Waals surface area contributed by atoms with Crippen LogP contribution >= 0.6 is 12.2 Å². The van der Waals surface area contributed by atoms with Crippen LogP contribution in [0.2, 0.25) is 0 Å². The second kappa shape index (κ2) is 8.03. The summed E-state index contributed by atoms with van der Waals surface area (Å²) in [6, 6.07) is 10.4. The first-order chi connectivity index (χ1) is 8.24. The van der Waals surface area contributed by atoms with E-state index < -0.39 is 0 Å². The molecule has 0 saturated carbocycles. The Hall–Kier alpha value is -1.13. The zero-order valence-electron chi connectivity index (χ0n) is 10.4. The molecule has 2 N–H and O–H groups in total. The van der Waals surface area contributed by atoms with Crippen LogP contribution in [0.15, 0.2) is 30.3 Å². The van der Waals surface area contributed by atoms with Crippen LogP contribution in [-0.4, -0.2) is 31.9 Å². The van der Waals surface area contributed by atoms with Crippen molar-refractivity contribution in [2.24, 2.45) is 0 Å².